The Labute approximate surface area is 141 Å². The Morgan fingerprint density at radius 3 is 2.30 bits per heavy atom. The number of carbonyl (C=O) groups excluding carboxylic acids is 1. The van der Waals surface area contributed by atoms with Crippen molar-refractivity contribution in [3.8, 4) is 0 Å². The van der Waals surface area contributed by atoms with Crippen LogP contribution in [0.5, 0.6) is 0 Å². The van der Waals surface area contributed by atoms with Gasteiger partial charge >= 0.3 is 0 Å². The van der Waals surface area contributed by atoms with E-state index in [1.54, 1.807) is 12.1 Å². The molecule has 0 atom stereocenters. The van der Waals surface area contributed by atoms with Gasteiger partial charge in [0.05, 0.1) is 10.6 Å². The van der Waals surface area contributed by atoms with Crippen LogP contribution in [0, 0.1) is 13.8 Å². The highest BCUT2D eigenvalue weighted by Gasteiger charge is 2.08. The number of thioether (sulfide) groups is 1. The summed E-state index contributed by atoms with van der Waals surface area (Å²) in [5.74, 6) is 0.180. The molecule has 2 aromatic carbocycles. The van der Waals surface area contributed by atoms with E-state index in [4.69, 9.17) is 0 Å². The molecule has 0 saturated carbocycles. The Balaban J connectivity index is 1.94. The van der Waals surface area contributed by atoms with Gasteiger partial charge in [0.2, 0.25) is 5.91 Å². The Morgan fingerprint density at radius 1 is 1.09 bits per heavy atom. The van der Waals surface area contributed by atoms with Crippen molar-refractivity contribution in [1.29, 1.82) is 0 Å². The van der Waals surface area contributed by atoms with Gasteiger partial charge in [0.25, 0.3) is 0 Å². The highest BCUT2D eigenvalue weighted by Crippen LogP contribution is 2.23. The normalized spacial score (nSPS) is 11.3. The van der Waals surface area contributed by atoms with E-state index < -0.39 is 9.84 Å². The first-order valence-electron chi connectivity index (χ1n) is 7.06. The first-order valence-corrected chi connectivity index (χ1v) is 9.93. The second-order valence-corrected chi connectivity index (χ2v) is 8.44. The monoisotopic (exact) mass is 349 g/mol. The fourth-order valence-electron chi connectivity index (χ4n) is 2.09. The smallest absolute Gasteiger partial charge is 0.234 e. The molecule has 0 radical (unpaired) electrons. The van der Waals surface area contributed by atoms with Crippen LogP contribution in [0.4, 0.5) is 5.69 Å². The van der Waals surface area contributed by atoms with Gasteiger partial charge in [0, 0.05) is 16.8 Å². The minimum atomic E-state index is -3.22. The Hall–Kier alpha value is -1.79. The number of carbonyl (C=O) groups is 1. The summed E-state index contributed by atoms with van der Waals surface area (Å²) in [7, 11) is -3.22. The molecule has 0 heterocycles. The number of hydrogen-bond donors (Lipinski definition) is 1. The molecule has 23 heavy (non-hydrogen) atoms. The van der Waals surface area contributed by atoms with Crippen molar-refractivity contribution in [3.05, 3.63) is 53.6 Å². The summed E-state index contributed by atoms with van der Waals surface area (Å²) in [6.45, 7) is 4.06. The second kappa shape index (κ2) is 7.19. The summed E-state index contributed by atoms with van der Waals surface area (Å²) in [6.07, 6.45) is 1.15. The van der Waals surface area contributed by atoms with Crippen molar-refractivity contribution in [1.82, 2.24) is 0 Å². The minimum absolute atomic E-state index is 0.123. The lowest BCUT2D eigenvalue weighted by atomic mass is 10.2. The van der Waals surface area contributed by atoms with Crippen LogP contribution in [0.2, 0.25) is 0 Å². The lowest BCUT2D eigenvalue weighted by molar-refractivity contribution is -0.113. The average molecular weight is 349 g/mol. The van der Waals surface area contributed by atoms with E-state index >= 15 is 0 Å². The molecule has 0 spiro atoms. The number of rotatable bonds is 5. The zero-order chi connectivity index (χ0) is 17.0. The van der Waals surface area contributed by atoms with E-state index in [1.165, 1.54) is 29.5 Å². The third-order valence-corrected chi connectivity index (χ3v) is 5.56. The number of sulfone groups is 1. The lowest BCUT2D eigenvalue weighted by Gasteiger charge is -2.08. The van der Waals surface area contributed by atoms with Gasteiger partial charge in [-0.1, -0.05) is 17.7 Å². The zero-order valence-corrected chi connectivity index (χ0v) is 14.9. The molecule has 122 valence electrons. The number of amides is 1. The minimum Gasteiger partial charge on any atom is -0.325 e. The summed E-state index contributed by atoms with van der Waals surface area (Å²) in [5.41, 5.74) is 2.94. The first kappa shape index (κ1) is 17.6. The first-order chi connectivity index (χ1) is 10.8. The molecule has 0 aliphatic heterocycles. The number of nitrogens with one attached hydrogen (secondary N) is 1. The maximum Gasteiger partial charge on any atom is 0.234 e. The van der Waals surface area contributed by atoms with Crippen LogP contribution in [0.3, 0.4) is 0 Å². The van der Waals surface area contributed by atoms with Crippen molar-refractivity contribution >= 4 is 33.2 Å². The molecule has 6 heteroatoms. The molecule has 0 aliphatic carbocycles. The van der Waals surface area contributed by atoms with Gasteiger partial charge < -0.3 is 5.32 Å². The summed E-state index contributed by atoms with van der Waals surface area (Å²) in [5, 5.41) is 2.77. The standard InChI is InChI=1S/C17H19NO3S2/c1-12-4-9-16(13(2)10-12)22-11-17(19)18-14-5-7-15(8-6-14)23(3,20)21/h4-10H,11H2,1-3H3,(H,18,19). The highest BCUT2D eigenvalue weighted by molar-refractivity contribution is 8.00. The molecule has 0 fully saturated rings. The summed E-state index contributed by atoms with van der Waals surface area (Å²) in [4.78, 5) is 13.3. The quantitative estimate of drug-likeness (QED) is 0.840. The van der Waals surface area contributed by atoms with Crippen LogP contribution in [0.1, 0.15) is 11.1 Å². The fraction of sp³-hybridized carbons (Fsp3) is 0.235. The van der Waals surface area contributed by atoms with Gasteiger partial charge in [0.15, 0.2) is 9.84 Å². The Bertz CT molecular complexity index is 812. The third-order valence-electron chi connectivity index (χ3n) is 3.26. The molecule has 2 rings (SSSR count). The Kier molecular flexibility index (Phi) is 5.49. The van der Waals surface area contributed by atoms with Crippen molar-refractivity contribution in [3.63, 3.8) is 0 Å². The highest BCUT2D eigenvalue weighted by atomic mass is 32.2. The van der Waals surface area contributed by atoms with Gasteiger partial charge in [-0.25, -0.2) is 8.42 Å². The van der Waals surface area contributed by atoms with Crippen molar-refractivity contribution in [2.75, 3.05) is 17.3 Å². The predicted octanol–water partition coefficient (Wildman–Crippen LogP) is 3.44. The van der Waals surface area contributed by atoms with E-state index in [-0.39, 0.29) is 10.8 Å². The second-order valence-electron chi connectivity index (χ2n) is 5.40. The Morgan fingerprint density at radius 2 is 1.74 bits per heavy atom. The fourth-order valence-corrected chi connectivity index (χ4v) is 3.53. The lowest BCUT2D eigenvalue weighted by Crippen LogP contribution is -2.14. The largest absolute Gasteiger partial charge is 0.325 e. The van der Waals surface area contributed by atoms with E-state index in [0.717, 1.165) is 16.7 Å². The van der Waals surface area contributed by atoms with Crippen LogP contribution in [0.15, 0.2) is 52.3 Å². The van der Waals surface area contributed by atoms with Gasteiger partial charge in [0.1, 0.15) is 0 Å². The van der Waals surface area contributed by atoms with E-state index in [0.29, 0.717) is 11.4 Å². The average Bonchev–Trinajstić information content (AvgIpc) is 2.46. The van der Waals surface area contributed by atoms with Crippen molar-refractivity contribution in [2.24, 2.45) is 0 Å². The van der Waals surface area contributed by atoms with Crippen LogP contribution < -0.4 is 5.32 Å². The van der Waals surface area contributed by atoms with Crippen molar-refractivity contribution in [2.45, 2.75) is 23.6 Å². The number of anilines is 1. The van der Waals surface area contributed by atoms with E-state index in [9.17, 15) is 13.2 Å². The number of aryl methyl sites for hydroxylation is 2. The van der Waals surface area contributed by atoms with E-state index in [1.807, 2.05) is 26.0 Å². The summed E-state index contributed by atoms with van der Waals surface area (Å²) >= 11 is 1.48. The van der Waals surface area contributed by atoms with Crippen LogP contribution in [-0.4, -0.2) is 26.3 Å². The molecular formula is C17H19NO3S2. The van der Waals surface area contributed by atoms with Gasteiger partial charge in [-0.05, 0) is 49.7 Å². The zero-order valence-electron chi connectivity index (χ0n) is 13.3. The molecule has 0 aliphatic rings. The third kappa shape index (κ3) is 5.11. The molecule has 0 aromatic heterocycles. The molecule has 1 N–H and O–H groups in total. The molecular weight excluding hydrogens is 330 g/mol. The van der Waals surface area contributed by atoms with Crippen LogP contribution in [0.25, 0.3) is 0 Å². The molecule has 1 amide bonds. The van der Waals surface area contributed by atoms with Gasteiger partial charge in [-0.3, -0.25) is 4.79 Å². The molecule has 0 bridgehead atoms. The van der Waals surface area contributed by atoms with Gasteiger partial charge in [-0.2, -0.15) is 0 Å². The van der Waals surface area contributed by atoms with E-state index in [2.05, 4.69) is 11.4 Å². The maximum absolute atomic E-state index is 12.0. The molecule has 0 unspecified atom stereocenters. The molecule has 2 aromatic rings. The summed E-state index contributed by atoms with van der Waals surface area (Å²) < 4.78 is 22.8. The SMILES string of the molecule is Cc1ccc(SCC(=O)Nc2ccc(S(C)(=O)=O)cc2)c(C)c1. The van der Waals surface area contributed by atoms with Crippen LogP contribution >= 0.6 is 11.8 Å². The number of hydrogen-bond acceptors (Lipinski definition) is 4. The summed E-state index contributed by atoms with van der Waals surface area (Å²) in [6, 6.07) is 12.3. The maximum atomic E-state index is 12.0. The number of benzene rings is 2. The molecule has 0 saturated heterocycles. The van der Waals surface area contributed by atoms with Gasteiger partial charge in [-0.15, -0.1) is 11.8 Å². The van der Waals surface area contributed by atoms with Crippen LogP contribution in [-0.2, 0) is 14.6 Å². The topological polar surface area (TPSA) is 63.2 Å². The molecule has 4 nitrogen and oxygen atoms in total. The van der Waals surface area contributed by atoms with Crippen molar-refractivity contribution < 1.29 is 13.2 Å². The predicted molar refractivity (Wildman–Crippen MR) is 94.8 cm³/mol.